The van der Waals surface area contributed by atoms with Gasteiger partial charge in [0.2, 0.25) is 0 Å². The molecular weight excluding hydrogens is 512 g/mol. The van der Waals surface area contributed by atoms with E-state index in [1.165, 1.54) is 43.8 Å². The molecular formula is C40H24O2. The van der Waals surface area contributed by atoms with Gasteiger partial charge in [-0.05, 0) is 74.1 Å². The molecule has 0 saturated carbocycles. The molecule has 0 aliphatic heterocycles. The molecule has 0 N–H and O–H groups in total. The highest BCUT2D eigenvalue weighted by Gasteiger charge is 2.19. The second-order valence-electron chi connectivity index (χ2n) is 10.8. The Morgan fingerprint density at radius 1 is 0.310 bits per heavy atom. The summed E-state index contributed by atoms with van der Waals surface area (Å²) in [6.07, 6.45) is 0. The van der Waals surface area contributed by atoms with Crippen molar-refractivity contribution in [2.24, 2.45) is 0 Å². The molecule has 42 heavy (non-hydrogen) atoms. The molecule has 0 atom stereocenters. The van der Waals surface area contributed by atoms with Gasteiger partial charge in [0, 0.05) is 21.7 Å². The lowest BCUT2D eigenvalue weighted by atomic mass is 9.86. The van der Waals surface area contributed by atoms with Crippen LogP contribution in [-0.4, -0.2) is 0 Å². The topological polar surface area (TPSA) is 26.3 Å². The molecule has 0 fully saturated rings. The molecule has 0 aliphatic rings. The molecule has 0 radical (unpaired) electrons. The van der Waals surface area contributed by atoms with Crippen LogP contribution in [0.3, 0.4) is 0 Å². The van der Waals surface area contributed by atoms with Crippen LogP contribution in [0.4, 0.5) is 0 Å². The Bertz CT molecular complexity index is 2390. The van der Waals surface area contributed by atoms with E-state index in [1.807, 2.05) is 30.3 Å². The van der Waals surface area contributed by atoms with E-state index in [9.17, 15) is 0 Å². The molecule has 0 bridgehead atoms. The fraction of sp³-hybridized carbons (Fsp3) is 0. The molecule has 0 unspecified atom stereocenters. The summed E-state index contributed by atoms with van der Waals surface area (Å²) in [4.78, 5) is 0. The standard InChI is InChI=1S/C40H24O2/c1-3-11-25(12-4-1)37-24-33-35(42-37)21-22-36-40(33)32-23-27(19-20-34(32)41-36)39-30-17-9-7-15-28(30)38(26-13-5-2-6-14-26)29-16-8-10-18-31(29)39/h1-24H. The molecule has 2 heteroatoms. The Morgan fingerprint density at radius 2 is 0.786 bits per heavy atom. The van der Waals surface area contributed by atoms with Gasteiger partial charge in [-0.25, -0.2) is 0 Å². The van der Waals surface area contributed by atoms with E-state index < -0.39 is 0 Å². The van der Waals surface area contributed by atoms with Crippen LogP contribution in [0.25, 0.3) is 88.0 Å². The maximum Gasteiger partial charge on any atom is 0.136 e. The van der Waals surface area contributed by atoms with Crippen LogP contribution in [0, 0.1) is 0 Å². The molecule has 2 nitrogen and oxygen atoms in total. The van der Waals surface area contributed by atoms with Crippen molar-refractivity contribution in [1.29, 1.82) is 0 Å². The van der Waals surface area contributed by atoms with Gasteiger partial charge in [0.1, 0.15) is 22.5 Å². The van der Waals surface area contributed by atoms with E-state index in [-0.39, 0.29) is 0 Å². The largest absolute Gasteiger partial charge is 0.456 e. The lowest BCUT2D eigenvalue weighted by Crippen LogP contribution is -1.90. The normalized spacial score (nSPS) is 11.8. The van der Waals surface area contributed by atoms with Crippen molar-refractivity contribution in [3.8, 4) is 33.6 Å². The Kier molecular flexibility index (Phi) is 4.93. The third-order valence-corrected chi connectivity index (χ3v) is 8.47. The van der Waals surface area contributed by atoms with Gasteiger partial charge in [-0.1, -0.05) is 115 Å². The summed E-state index contributed by atoms with van der Waals surface area (Å²) in [5, 5.41) is 8.22. The van der Waals surface area contributed by atoms with Crippen LogP contribution >= 0.6 is 0 Å². The maximum atomic E-state index is 6.38. The van der Waals surface area contributed by atoms with Gasteiger partial charge in [0.15, 0.2) is 0 Å². The van der Waals surface area contributed by atoms with Crippen LogP contribution in [0.2, 0.25) is 0 Å². The Balaban J connectivity index is 1.35. The minimum Gasteiger partial charge on any atom is -0.456 e. The van der Waals surface area contributed by atoms with Crippen molar-refractivity contribution in [3.63, 3.8) is 0 Å². The molecule has 7 aromatic carbocycles. The number of furan rings is 2. The van der Waals surface area contributed by atoms with E-state index in [0.29, 0.717) is 0 Å². The molecule has 0 saturated heterocycles. The number of hydrogen-bond donors (Lipinski definition) is 0. The first-order chi connectivity index (χ1) is 20.8. The van der Waals surface area contributed by atoms with E-state index in [2.05, 4.69) is 115 Å². The Morgan fingerprint density at radius 3 is 1.43 bits per heavy atom. The van der Waals surface area contributed by atoms with Crippen LogP contribution in [0.1, 0.15) is 0 Å². The first kappa shape index (κ1) is 23.1. The summed E-state index contributed by atoms with van der Waals surface area (Å²) in [6, 6.07) is 51.3. The maximum absolute atomic E-state index is 6.38. The number of rotatable bonds is 3. The van der Waals surface area contributed by atoms with E-state index in [4.69, 9.17) is 8.83 Å². The van der Waals surface area contributed by atoms with Gasteiger partial charge in [0.25, 0.3) is 0 Å². The minimum absolute atomic E-state index is 0.858. The third-order valence-electron chi connectivity index (χ3n) is 8.47. The molecule has 0 spiro atoms. The number of hydrogen-bond acceptors (Lipinski definition) is 2. The molecule has 9 rings (SSSR count). The Hall–Kier alpha value is -5.60. The highest BCUT2D eigenvalue weighted by Crippen LogP contribution is 2.45. The van der Waals surface area contributed by atoms with Gasteiger partial charge < -0.3 is 8.83 Å². The summed E-state index contributed by atoms with van der Waals surface area (Å²) in [5.41, 5.74) is 8.56. The highest BCUT2D eigenvalue weighted by atomic mass is 16.3. The fourth-order valence-corrected chi connectivity index (χ4v) is 6.64. The predicted octanol–water partition coefficient (Wildman–Crippen LogP) is 11.6. The number of benzene rings is 7. The van der Waals surface area contributed by atoms with Crippen LogP contribution in [0.15, 0.2) is 154 Å². The molecule has 0 amide bonds. The van der Waals surface area contributed by atoms with Crippen LogP contribution in [-0.2, 0) is 0 Å². The van der Waals surface area contributed by atoms with Crippen LogP contribution in [0.5, 0.6) is 0 Å². The van der Waals surface area contributed by atoms with Gasteiger partial charge in [-0.15, -0.1) is 0 Å². The molecule has 0 aliphatic carbocycles. The van der Waals surface area contributed by atoms with Crippen molar-refractivity contribution in [1.82, 2.24) is 0 Å². The third kappa shape index (κ3) is 3.39. The molecule has 196 valence electrons. The summed E-state index contributed by atoms with van der Waals surface area (Å²) in [7, 11) is 0. The minimum atomic E-state index is 0.858. The first-order valence-electron chi connectivity index (χ1n) is 14.3. The Labute approximate surface area is 242 Å². The van der Waals surface area contributed by atoms with Crippen LogP contribution < -0.4 is 0 Å². The van der Waals surface area contributed by atoms with E-state index in [0.717, 1.165) is 44.2 Å². The van der Waals surface area contributed by atoms with Crippen molar-refractivity contribution < 1.29 is 8.83 Å². The lowest BCUT2D eigenvalue weighted by molar-refractivity contribution is 0.631. The lowest BCUT2D eigenvalue weighted by Gasteiger charge is -2.17. The summed E-state index contributed by atoms with van der Waals surface area (Å²) >= 11 is 0. The quantitative estimate of drug-likeness (QED) is 0.210. The second-order valence-corrected chi connectivity index (χ2v) is 10.8. The van der Waals surface area contributed by atoms with Crippen molar-refractivity contribution in [2.45, 2.75) is 0 Å². The first-order valence-corrected chi connectivity index (χ1v) is 14.3. The molecule has 2 aromatic heterocycles. The highest BCUT2D eigenvalue weighted by molar-refractivity contribution is 6.23. The smallest absolute Gasteiger partial charge is 0.136 e. The van der Waals surface area contributed by atoms with Gasteiger partial charge in [-0.2, -0.15) is 0 Å². The average molecular weight is 537 g/mol. The average Bonchev–Trinajstić information content (AvgIpc) is 3.65. The van der Waals surface area contributed by atoms with E-state index in [1.54, 1.807) is 0 Å². The molecule has 9 aromatic rings. The number of fused-ring (bicyclic) bond motifs is 7. The fourth-order valence-electron chi connectivity index (χ4n) is 6.64. The summed E-state index contributed by atoms with van der Waals surface area (Å²) in [6.45, 7) is 0. The summed E-state index contributed by atoms with van der Waals surface area (Å²) < 4.78 is 12.7. The van der Waals surface area contributed by atoms with Gasteiger partial charge >= 0.3 is 0 Å². The zero-order chi connectivity index (χ0) is 27.6. The van der Waals surface area contributed by atoms with E-state index >= 15 is 0 Å². The zero-order valence-electron chi connectivity index (χ0n) is 22.7. The van der Waals surface area contributed by atoms with Crippen molar-refractivity contribution >= 4 is 54.5 Å². The predicted molar refractivity (Wildman–Crippen MR) is 175 cm³/mol. The van der Waals surface area contributed by atoms with Gasteiger partial charge in [-0.3, -0.25) is 0 Å². The second kappa shape index (κ2) is 8.95. The van der Waals surface area contributed by atoms with Crippen molar-refractivity contribution in [2.75, 3.05) is 0 Å². The molecule has 2 heterocycles. The monoisotopic (exact) mass is 536 g/mol. The SMILES string of the molecule is c1ccc(-c2cc3c(ccc4oc5ccc(-c6c7ccccc7c(-c7ccccc7)c7ccccc67)cc5c43)o2)cc1. The van der Waals surface area contributed by atoms with Crippen molar-refractivity contribution in [3.05, 3.63) is 146 Å². The zero-order valence-corrected chi connectivity index (χ0v) is 22.7. The van der Waals surface area contributed by atoms with Gasteiger partial charge in [0.05, 0.1) is 0 Å². The summed E-state index contributed by atoms with van der Waals surface area (Å²) in [5.74, 6) is 0.858.